The van der Waals surface area contributed by atoms with Crippen LogP contribution in [-0.4, -0.2) is 10.9 Å². The van der Waals surface area contributed by atoms with Gasteiger partial charge in [-0.1, -0.05) is 48.0 Å². The van der Waals surface area contributed by atoms with Crippen LogP contribution in [0.4, 0.5) is 0 Å². The zero-order valence-electron chi connectivity index (χ0n) is 12.7. The van der Waals surface area contributed by atoms with Crippen molar-refractivity contribution in [1.29, 1.82) is 0 Å². The molecule has 22 heavy (non-hydrogen) atoms. The molecular formula is C16H20BrN3O2. The number of carbonyl (C=O) groups is 1. The molecule has 118 valence electrons. The average Bonchev–Trinajstić information content (AvgIpc) is 2.95. The molecule has 2 rings (SSSR count). The van der Waals surface area contributed by atoms with Gasteiger partial charge in [0.15, 0.2) is 5.69 Å². The summed E-state index contributed by atoms with van der Waals surface area (Å²) in [6, 6.07) is 7.43. The lowest BCUT2D eigenvalue weighted by Gasteiger charge is -2.09. The fraction of sp³-hybridized carbons (Fsp3) is 0.375. The first-order valence-corrected chi connectivity index (χ1v) is 7.99. The maximum absolute atomic E-state index is 12.1. The minimum Gasteiger partial charge on any atom is -0.446 e. The van der Waals surface area contributed by atoms with E-state index in [0.29, 0.717) is 18.4 Å². The van der Waals surface area contributed by atoms with Gasteiger partial charge >= 0.3 is 0 Å². The number of nitrogens with two attached hydrogens (primary N) is 1. The van der Waals surface area contributed by atoms with E-state index < -0.39 is 0 Å². The second-order valence-electron chi connectivity index (χ2n) is 5.58. The summed E-state index contributed by atoms with van der Waals surface area (Å²) >= 11 is 3.45. The highest BCUT2D eigenvalue weighted by Gasteiger charge is 2.17. The first-order valence-electron chi connectivity index (χ1n) is 7.20. The van der Waals surface area contributed by atoms with Gasteiger partial charge in [-0.05, 0) is 24.0 Å². The topological polar surface area (TPSA) is 81.1 Å². The second kappa shape index (κ2) is 7.56. The summed E-state index contributed by atoms with van der Waals surface area (Å²) in [7, 11) is 0. The van der Waals surface area contributed by atoms with Crippen molar-refractivity contribution in [2.24, 2.45) is 11.7 Å². The van der Waals surface area contributed by atoms with Crippen molar-refractivity contribution in [3.05, 3.63) is 52.1 Å². The molecule has 2 aromatic rings. The molecule has 0 aliphatic heterocycles. The smallest absolute Gasteiger partial charge is 0.273 e. The second-order valence-corrected chi connectivity index (χ2v) is 6.44. The van der Waals surface area contributed by atoms with E-state index in [0.717, 1.165) is 16.5 Å². The molecule has 3 N–H and O–H groups in total. The number of benzene rings is 1. The van der Waals surface area contributed by atoms with Gasteiger partial charge in [0.2, 0.25) is 5.89 Å². The Morgan fingerprint density at radius 3 is 2.82 bits per heavy atom. The Labute approximate surface area is 138 Å². The van der Waals surface area contributed by atoms with Crippen molar-refractivity contribution in [1.82, 2.24) is 10.3 Å². The zero-order chi connectivity index (χ0) is 16.1. The molecule has 1 atom stereocenters. The number of halogens is 1. The van der Waals surface area contributed by atoms with Crippen molar-refractivity contribution in [3.8, 4) is 0 Å². The summed E-state index contributed by atoms with van der Waals surface area (Å²) < 4.78 is 6.27. The average molecular weight is 366 g/mol. The van der Waals surface area contributed by atoms with Crippen molar-refractivity contribution >= 4 is 21.8 Å². The molecular weight excluding hydrogens is 346 g/mol. The number of hydrogen-bond donors (Lipinski definition) is 2. The Morgan fingerprint density at radius 2 is 2.14 bits per heavy atom. The summed E-state index contributed by atoms with van der Waals surface area (Å²) in [5.41, 5.74) is 7.25. The standard InChI is InChI=1S/C16H20BrN3O2/c1-10(2)7-13(18)16-20-14(9-22-16)15(21)19-8-11-5-3-4-6-12(11)17/h3-6,9-10,13H,7-8,18H2,1-2H3,(H,19,21). The lowest BCUT2D eigenvalue weighted by Crippen LogP contribution is -2.23. The van der Waals surface area contributed by atoms with Crippen LogP contribution in [0.15, 0.2) is 39.4 Å². The van der Waals surface area contributed by atoms with Crippen LogP contribution < -0.4 is 11.1 Å². The predicted octanol–water partition coefficient (Wildman–Crippen LogP) is 3.41. The number of rotatable bonds is 6. The van der Waals surface area contributed by atoms with E-state index in [9.17, 15) is 4.79 Å². The number of amides is 1. The lowest BCUT2D eigenvalue weighted by atomic mass is 10.0. The van der Waals surface area contributed by atoms with Gasteiger partial charge in [0.1, 0.15) is 6.26 Å². The summed E-state index contributed by atoms with van der Waals surface area (Å²) in [4.78, 5) is 16.3. The number of hydrogen-bond acceptors (Lipinski definition) is 4. The summed E-state index contributed by atoms with van der Waals surface area (Å²) in [6.07, 6.45) is 2.11. The third-order valence-corrected chi connectivity index (χ3v) is 3.97. The summed E-state index contributed by atoms with van der Waals surface area (Å²) in [6.45, 7) is 4.57. The van der Waals surface area contributed by atoms with Crippen LogP contribution in [0.3, 0.4) is 0 Å². The Hall–Kier alpha value is -1.66. The van der Waals surface area contributed by atoms with Crippen LogP contribution in [0.25, 0.3) is 0 Å². The molecule has 0 aliphatic rings. The lowest BCUT2D eigenvalue weighted by molar-refractivity contribution is 0.0946. The predicted molar refractivity (Wildman–Crippen MR) is 88.2 cm³/mol. The fourth-order valence-corrected chi connectivity index (χ4v) is 2.50. The van der Waals surface area contributed by atoms with Crippen LogP contribution in [0.1, 0.15) is 48.3 Å². The van der Waals surface area contributed by atoms with Crippen LogP contribution in [-0.2, 0) is 6.54 Å². The molecule has 0 fully saturated rings. The van der Waals surface area contributed by atoms with Crippen LogP contribution in [0, 0.1) is 5.92 Å². The van der Waals surface area contributed by atoms with Gasteiger partial charge < -0.3 is 15.5 Å². The van der Waals surface area contributed by atoms with Gasteiger partial charge in [0, 0.05) is 11.0 Å². The fourth-order valence-electron chi connectivity index (χ4n) is 2.08. The Balaban J connectivity index is 1.96. The Bertz CT molecular complexity index is 640. The molecule has 0 saturated carbocycles. The highest BCUT2D eigenvalue weighted by molar-refractivity contribution is 9.10. The largest absolute Gasteiger partial charge is 0.446 e. The number of carbonyl (C=O) groups excluding carboxylic acids is 1. The van der Waals surface area contributed by atoms with Gasteiger partial charge in [-0.25, -0.2) is 4.98 Å². The molecule has 0 saturated heterocycles. The third kappa shape index (κ3) is 4.42. The SMILES string of the molecule is CC(C)CC(N)c1nc(C(=O)NCc2ccccc2Br)co1. The number of nitrogens with zero attached hydrogens (tertiary/aromatic N) is 1. The van der Waals surface area contributed by atoms with Crippen molar-refractivity contribution in [3.63, 3.8) is 0 Å². The molecule has 1 aromatic carbocycles. The minimum atomic E-state index is -0.287. The van der Waals surface area contributed by atoms with E-state index in [2.05, 4.69) is 40.1 Å². The van der Waals surface area contributed by atoms with Gasteiger partial charge in [-0.2, -0.15) is 0 Å². The van der Waals surface area contributed by atoms with Gasteiger partial charge in [0.05, 0.1) is 6.04 Å². The summed E-state index contributed by atoms with van der Waals surface area (Å²) in [5.74, 6) is 0.567. The first-order chi connectivity index (χ1) is 10.5. The molecule has 6 heteroatoms. The monoisotopic (exact) mass is 365 g/mol. The van der Waals surface area contributed by atoms with Gasteiger partial charge in [-0.3, -0.25) is 4.79 Å². The zero-order valence-corrected chi connectivity index (χ0v) is 14.3. The van der Waals surface area contributed by atoms with E-state index >= 15 is 0 Å². The number of oxazole rings is 1. The third-order valence-electron chi connectivity index (χ3n) is 3.19. The van der Waals surface area contributed by atoms with E-state index in [1.54, 1.807) is 0 Å². The Kier molecular flexibility index (Phi) is 5.74. The van der Waals surface area contributed by atoms with Crippen LogP contribution >= 0.6 is 15.9 Å². The quantitative estimate of drug-likeness (QED) is 0.821. The van der Waals surface area contributed by atoms with Gasteiger partial charge in [-0.15, -0.1) is 0 Å². The Morgan fingerprint density at radius 1 is 1.41 bits per heavy atom. The number of aromatic nitrogens is 1. The molecule has 0 aliphatic carbocycles. The van der Waals surface area contributed by atoms with E-state index in [1.807, 2.05) is 24.3 Å². The van der Waals surface area contributed by atoms with Crippen LogP contribution in [0.2, 0.25) is 0 Å². The molecule has 1 aromatic heterocycles. The molecule has 1 amide bonds. The van der Waals surface area contributed by atoms with Gasteiger partial charge in [0.25, 0.3) is 5.91 Å². The van der Waals surface area contributed by atoms with E-state index in [1.165, 1.54) is 6.26 Å². The molecule has 1 heterocycles. The van der Waals surface area contributed by atoms with Crippen molar-refractivity contribution < 1.29 is 9.21 Å². The maximum atomic E-state index is 12.1. The first kappa shape index (κ1) is 16.7. The van der Waals surface area contributed by atoms with Crippen molar-refractivity contribution in [2.75, 3.05) is 0 Å². The maximum Gasteiger partial charge on any atom is 0.273 e. The molecule has 0 bridgehead atoms. The van der Waals surface area contributed by atoms with E-state index in [-0.39, 0.29) is 17.6 Å². The number of nitrogens with one attached hydrogen (secondary N) is 1. The molecule has 1 unspecified atom stereocenters. The highest BCUT2D eigenvalue weighted by atomic mass is 79.9. The molecule has 0 radical (unpaired) electrons. The van der Waals surface area contributed by atoms with Crippen molar-refractivity contribution in [2.45, 2.75) is 32.9 Å². The van der Waals surface area contributed by atoms with Crippen LogP contribution in [0.5, 0.6) is 0 Å². The normalized spacial score (nSPS) is 12.4. The summed E-state index contributed by atoms with van der Waals surface area (Å²) in [5, 5.41) is 2.82. The molecule has 5 nitrogen and oxygen atoms in total. The molecule has 0 spiro atoms. The minimum absolute atomic E-state index is 0.251. The van der Waals surface area contributed by atoms with E-state index in [4.69, 9.17) is 10.2 Å². The highest BCUT2D eigenvalue weighted by Crippen LogP contribution is 2.18.